The Balaban J connectivity index is 1.68. The molecule has 3 rings (SSSR count). The van der Waals surface area contributed by atoms with Crippen LogP contribution in [0.5, 0.6) is 0 Å². The first-order valence-electron chi connectivity index (χ1n) is 10.3. The van der Waals surface area contributed by atoms with E-state index in [1.54, 1.807) is 24.3 Å². The van der Waals surface area contributed by atoms with E-state index < -0.39 is 20.7 Å². The average molecular weight is 503 g/mol. The lowest BCUT2D eigenvalue weighted by molar-refractivity contribution is -0.384. The number of benzene rings is 2. The Morgan fingerprint density at radius 1 is 1.03 bits per heavy atom. The summed E-state index contributed by atoms with van der Waals surface area (Å²) in [6, 6.07) is 10.8. The van der Waals surface area contributed by atoms with Crippen LogP contribution in [-0.2, 0) is 14.6 Å². The van der Waals surface area contributed by atoms with Crippen LogP contribution in [0.4, 0.5) is 16.5 Å². The van der Waals surface area contributed by atoms with Gasteiger partial charge >= 0.3 is 0 Å². The Morgan fingerprint density at radius 2 is 1.65 bits per heavy atom. The summed E-state index contributed by atoms with van der Waals surface area (Å²) in [7, 11) is -3.95. The predicted octanol–water partition coefficient (Wildman–Crippen LogP) is 4.51. The van der Waals surface area contributed by atoms with Crippen molar-refractivity contribution in [3.63, 3.8) is 0 Å². The molecule has 3 aromatic rings. The molecule has 2 aromatic carbocycles. The van der Waals surface area contributed by atoms with Crippen LogP contribution in [0.3, 0.4) is 0 Å². The normalized spacial score (nSPS) is 11.3. The van der Waals surface area contributed by atoms with Gasteiger partial charge in [0.1, 0.15) is 4.21 Å². The Labute approximate surface area is 200 Å². The molecule has 0 aliphatic rings. The summed E-state index contributed by atoms with van der Waals surface area (Å²) in [4.78, 5) is 38.7. The molecule has 0 aliphatic heterocycles. The van der Waals surface area contributed by atoms with Gasteiger partial charge in [-0.05, 0) is 49.2 Å². The van der Waals surface area contributed by atoms with Crippen molar-refractivity contribution < 1.29 is 22.9 Å². The Hall–Kier alpha value is -3.64. The molecule has 0 bridgehead atoms. The highest BCUT2D eigenvalue weighted by molar-refractivity contribution is 7.93. The molecule has 0 atom stereocenters. The largest absolute Gasteiger partial charge is 0.326 e. The van der Waals surface area contributed by atoms with Crippen LogP contribution in [0, 0.1) is 16.0 Å². The highest BCUT2D eigenvalue weighted by Crippen LogP contribution is 2.29. The molecule has 0 spiro atoms. The standard InChI is InChI=1S/C22H22N4O6S2/c1-3-14(4-2)20(27)24-16-7-5-15(6-8-16)21(28)25-22-23-13-19(33-22)34(31,32)18-11-9-17(10-12-18)26(29)30/h5-14H,3-4H2,1-2H3,(H,24,27)(H,23,25,28). The Bertz CT molecular complexity index is 1300. The lowest BCUT2D eigenvalue weighted by Crippen LogP contribution is -2.21. The quantitative estimate of drug-likeness (QED) is 0.323. The van der Waals surface area contributed by atoms with Gasteiger partial charge < -0.3 is 5.32 Å². The fourth-order valence-corrected chi connectivity index (χ4v) is 5.51. The number of aromatic nitrogens is 1. The van der Waals surface area contributed by atoms with Gasteiger partial charge in [-0.2, -0.15) is 0 Å². The van der Waals surface area contributed by atoms with E-state index in [1.807, 2.05) is 13.8 Å². The van der Waals surface area contributed by atoms with E-state index in [-0.39, 0.29) is 31.7 Å². The van der Waals surface area contributed by atoms with E-state index in [0.29, 0.717) is 11.3 Å². The van der Waals surface area contributed by atoms with Gasteiger partial charge in [0, 0.05) is 29.3 Å². The topological polar surface area (TPSA) is 148 Å². The van der Waals surface area contributed by atoms with Crippen molar-refractivity contribution >= 4 is 49.5 Å². The summed E-state index contributed by atoms with van der Waals surface area (Å²) >= 11 is 0.766. The zero-order valence-corrected chi connectivity index (χ0v) is 20.0. The molecule has 0 unspecified atom stereocenters. The third kappa shape index (κ3) is 5.64. The number of hydrogen-bond donors (Lipinski definition) is 2. The van der Waals surface area contributed by atoms with Crippen molar-refractivity contribution in [1.29, 1.82) is 0 Å². The number of nitrogens with zero attached hydrogens (tertiary/aromatic N) is 2. The van der Waals surface area contributed by atoms with E-state index in [1.165, 1.54) is 0 Å². The highest BCUT2D eigenvalue weighted by Gasteiger charge is 2.23. The molecule has 1 heterocycles. The van der Waals surface area contributed by atoms with Crippen molar-refractivity contribution in [3.8, 4) is 0 Å². The van der Waals surface area contributed by atoms with E-state index in [9.17, 15) is 28.1 Å². The molecule has 34 heavy (non-hydrogen) atoms. The van der Waals surface area contributed by atoms with Crippen molar-refractivity contribution in [2.24, 2.45) is 5.92 Å². The minimum Gasteiger partial charge on any atom is -0.326 e. The number of carbonyl (C=O) groups excluding carboxylic acids is 2. The predicted molar refractivity (Wildman–Crippen MR) is 128 cm³/mol. The molecule has 0 aliphatic carbocycles. The minimum absolute atomic E-state index is 0.0771. The van der Waals surface area contributed by atoms with Crippen molar-refractivity contribution in [3.05, 3.63) is 70.4 Å². The second-order valence-electron chi connectivity index (χ2n) is 7.27. The highest BCUT2D eigenvalue weighted by atomic mass is 32.2. The number of anilines is 2. The average Bonchev–Trinajstić information content (AvgIpc) is 3.29. The molecule has 0 radical (unpaired) electrons. The van der Waals surface area contributed by atoms with E-state index in [0.717, 1.165) is 54.6 Å². The van der Waals surface area contributed by atoms with Gasteiger partial charge in [0.05, 0.1) is 16.0 Å². The molecule has 2 amide bonds. The fraction of sp³-hybridized carbons (Fsp3) is 0.227. The number of amides is 2. The van der Waals surface area contributed by atoms with Crippen LogP contribution in [0.25, 0.3) is 0 Å². The third-order valence-corrected chi connectivity index (χ3v) is 8.24. The zero-order valence-electron chi connectivity index (χ0n) is 18.3. The minimum atomic E-state index is -3.95. The molecule has 0 saturated heterocycles. The van der Waals surface area contributed by atoms with Crippen LogP contribution in [-0.4, -0.2) is 30.1 Å². The molecule has 0 fully saturated rings. The van der Waals surface area contributed by atoms with Crippen LogP contribution < -0.4 is 10.6 Å². The van der Waals surface area contributed by atoms with Crippen molar-refractivity contribution in [2.75, 3.05) is 10.6 Å². The smallest absolute Gasteiger partial charge is 0.269 e. The molecular formula is C22H22N4O6S2. The molecule has 2 N–H and O–H groups in total. The fourth-order valence-electron chi connectivity index (χ4n) is 3.08. The molecule has 1 aromatic heterocycles. The first kappa shape index (κ1) is 25.0. The molecule has 10 nitrogen and oxygen atoms in total. The van der Waals surface area contributed by atoms with Gasteiger partial charge in [0.2, 0.25) is 15.7 Å². The van der Waals surface area contributed by atoms with E-state index in [4.69, 9.17) is 0 Å². The van der Waals surface area contributed by atoms with Gasteiger partial charge in [-0.15, -0.1) is 0 Å². The van der Waals surface area contributed by atoms with E-state index >= 15 is 0 Å². The number of rotatable bonds is 9. The second-order valence-corrected chi connectivity index (χ2v) is 10.5. The summed E-state index contributed by atoms with van der Waals surface area (Å²) in [5.41, 5.74) is 0.645. The number of nitrogens with one attached hydrogen (secondary N) is 2. The van der Waals surface area contributed by atoms with E-state index in [2.05, 4.69) is 15.6 Å². The van der Waals surface area contributed by atoms with Crippen LogP contribution in [0.1, 0.15) is 37.0 Å². The molecule has 12 heteroatoms. The zero-order chi connectivity index (χ0) is 24.9. The molecular weight excluding hydrogens is 480 g/mol. The summed E-state index contributed by atoms with van der Waals surface area (Å²) in [6.07, 6.45) is 2.59. The maximum atomic E-state index is 12.8. The van der Waals surface area contributed by atoms with Crippen LogP contribution >= 0.6 is 11.3 Å². The number of non-ortho nitro benzene ring substituents is 1. The Morgan fingerprint density at radius 3 is 2.21 bits per heavy atom. The van der Waals surface area contributed by atoms with Crippen molar-refractivity contribution in [1.82, 2.24) is 4.98 Å². The summed E-state index contributed by atoms with van der Waals surface area (Å²) in [5.74, 6) is -0.650. The van der Waals surface area contributed by atoms with Gasteiger partial charge in [-0.25, -0.2) is 13.4 Å². The summed E-state index contributed by atoms with van der Waals surface area (Å²) in [5, 5.41) is 16.2. The number of thiazole rings is 1. The number of hydrogen-bond acceptors (Lipinski definition) is 8. The first-order chi connectivity index (χ1) is 16.1. The van der Waals surface area contributed by atoms with Gasteiger partial charge in [0.25, 0.3) is 11.6 Å². The SMILES string of the molecule is CCC(CC)C(=O)Nc1ccc(C(=O)Nc2ncc(S(=O)(=O)c3ccc([N+](=O)[O-])cc3)s2)cc1. The second kappa shape index (κ2) is 10.5. The third-order valence-electron chi connectivity index (χ3n) is 5.10. The van der Waals surface area contributed by atoms with Gasteiger partial charge in [-0.1, -0.05) is 25.2 Å². The molecule has 0 saturated carbocycles. The maximum absolute atomic E-state index is 12.8. The van der Waals surface area contributed by atoms with Gasteiger partial charge in [-0.3, -0.25) is 25.0 Å². The lowest BCUT2D eigenvalue weighted by atomic mass is 10.0. The Kier molecular flexibility index (Phi) is 7.74. The lowest BCUT2D eigenvalue weighted by Gasteiger charge is -2.13. The monoisotopic (exact) mass is 502 g/mol. The number of nitro groups is 1. The maximum Gasteiger partial charge on any atom is 0.269 e. The number of sulfone groups is 1. The number of nitro benzene ring substituents is 1. The van der Waals surface area contributed by atoms with Crippen LogP contribution in [0.2, 0.25) is 0 Å². The van der Waals surface area contributed by atoms with Crippen LogP contribution in [0.15, 0.2) is 63.8 Å². The first-order valence-corrected chi connectivity index (χ1v) is 12.6. The molecule has 178 valence electrons. The summed E-state index contributed by atoms with van der Waals surface area (Å²) in [6.45, 7) is 3.89. The summed E-state index contributed by atoms with van der Waals surface area (Å²) < 4.78 is 25.4. The number of carbonyl (C=O) groups is 2. The van der Waals surface area contributed by atoms with Gasteiger partial charge in [0.15, 0.2) is 5.13 Å². The van der Waals surface area contributed by atoms with Crippen molar-refractivity contribution in [2.45, 2.75) is 35.8 Å².